The molecule has 1 unspecified atom stereocenters. The molecule has 1 atom stereocenters. The number of aldehydes is 1. The summed E-state index contributed by atoms with van der Waals surface area (Å²) in [6.45, 7) is 1.18. The Morgan fingerprint density at radius 1 is 1.50 bits per heavy atom. The predicted octanol–water partition coefficient (Wildman–Crippen LogP) is 2.72. The molecule has 0 aromatic heterocycles. The van der Waals surface area contributed by atoms with Crippen molar-refractivity contribution < 1.29 is 9.18 Å². The molecule has 0 radical (unpaired) electrons. The lowest BCUT2D eigenvalue weighted by molar-refractivity contribution is -0.117. The molecule has 64 valence electrons. The third-order valence-corrected chi connectivity index (χ3v) is 1.95. The van der Waals surface area contributed by atoms with Crippen molar-refractivity contribution in [2.75, 3.05) is 0 Å². The van der Waals surface area contributed by atoms with E-state index in [1.165, 1.54) is 13.0 Å². The van der Waals surface area contributed by atoms with E-state index in [0.717, 1.165) is 0 Å². The second kappa shape index (κ2) is 3.23. The summed E-state index contributed by atoms with van der Waals surface area (Å²) in [6.07, 6.45) is 0.244. The van der Waals surface area contributed by atoms with Gasteiger partial charge in [0.15, 0.2) is 12.0 Å². The average molecular weight is 187 g/mol. The van der Waals surface area contributed by atoms with Crippen LogP contribution in [0.5, 0.6) is 0 Å². The highest BCUT2D eigenvalue weighted by atomic mass is 35.5. The van der Waals surface area contributed by atoms with Crippen molar-refractivity contribution in [3.05, 3.63) is 34.9 Å². The Morgan fingerprint density at radius 3 is 2.58 bits per heavy atom. The third-order valence-electron chi connectivity index (χ3n) is 1.62. The number of alkyl halides is 1. The minimum absolute atomic E-state index is 0.210. The Balaban J connectivity index is 3.19. The number of hydrogen-bond donors (Lipinski definition) is 0. The second-order valence-corrected chi connectivity index (χ2v) is 3.08. The van der Waals surface area contributed by atoms with Crippen molar-refractivity contribution in [1.82, 2.24) is 0 Å². The lowest BCUT2D eigenvalue weighted by Gasteiger charge is -2.13. The minimum Gasteiger partial charge on any atom is -0.299 e. The Bertz CT molecular complexity index is 296. The average Bonchev–Trinajstić information content (AvgIpc) is 2.05. The van der Waals surface area contributed by atoms with Gasteiger partial charge >= 0.3 is 0 Å². The molecule has 0 saturated heterocycles. The maximum atomic E-state index is 13.4. The lowest BCUT2D eigenvalue weighted by atomic mass is 10.00. The van der Waals surface area contributed by atoms with Gasteiger partial charge in [-0.15, -0.1) is 0 Å². The summed E-state index contributed by atoms with van der Waals surface area (Å²) < 4.78 is 13.4. The SMILES string of the molecule is CC(F)(C=O)c1ccccc1Cl. The van der Waals surface area contributed by atoms with Crippen LogP contribution in [-0.4, -0.2) is 6.29 Å². The Hall–Kier alpha value is -0.890. The zero-order chi connectivity index (χ0) is 9.19. The van der Waals surface area contributed by atoms with Gasteiger partial charge in [0.25, 0.3) is 0 Å². The summed E-state index contributed by atoms with van der Waals surface area (Å²) in [5.41, 5.74) is -1.78. The van der Waals surface area contributed by atoms with Crippen molar-refractivity contribution in [3.8, 4) is 0 Å². The van der Waals surface area contributed by atoms with Crippen LogP contribution in [0.4, 0.5) is 4.39 Å². The quantitative estimate of drug-likeness (QED) is 0.649. The molecule has 0 bridgehead atoms. The largest absolute Gasteiger partial charge is 0.299 e. The fourth-order valence-corrected chi connectivity index (χ4v) is 1.24. The molecule has 0 aliphatic heterocycles. The highest BCUT2D eigenvalue weighted by Crippen LogP contribution is 2.29. The molecule has 0 heterocycles. The fourth-order valence-electron chi connectivity index (χ4n) is 0.921. The van der Waals surface area contributed by atoms with E-state index in [4.69, 9.17) is 11.6 Å². The number of carbonyl (C=O) groups excluding carboxylic acids is 1. The van der Waals surface area contributed by atoms with Crippen LogP contribution in [0.25, 0.3) is 0 Å². The van der Waals surface area contributed by atoms with Crippen LogP contribution in [0.3, 0.4) is 0 Å². The first-order valence-electron chi connectivity index (χ1n) is 3.48. The predicted molar refractivity (Wildman–Crippen MR) is 46.0 cm³/mol. The summed E-state index contributed by atoms with van der Waals surface area (Å²) in [6, 6.07) is 6.38. The first kappa shape index (κ1) is 9.20. The van der Waals surface area contributed by atoms with Gasteiger partial charge in [-0.3, -0.25) is 4.79 Å². The Labute approximate surface area is 75.2 Å². The van der Waals surface area contributed by atoms with Crippen molar-refractivity contribution in [2.24, 2.45) is 0 Å². The minimum atomic E-state index is -1.99. The van der Waals surface area contributed by atoms with Crippen molar-refractivity contribution in [2.45, 2.75) is 12.6 Å². The zero-order valence-electron chi connectivity index (χ0n) is 6.55. The molecule has 1 rings (SSSR count). The van der Waals surface area contributed by atoms with Gasteiger partial charge in [0.05, 0.1) is 0 Å². The summed E-state index contributed by atoms with van der Waals surface area (Å²) in [5.74, 6) is 0. The van der Waals surface area contributed by atoms with Gasteiger partial charge in [0, 0.05) is 10.6 Å². The van der Waals surface area contributed by atoms with Gasteiger partial charge in [-0.1, -0.05) is 29.8 Å². The van der Waals surface area contributed by atoms with E-state index in [9.17, 15) is 9.18 Å². The number of carbonyl (C=O) groups is 1. The van der Waals surface area contributed by atoms with E-state index in [0.29, 0.717) is 0 Å². The van der Waals surface area contributed by atoms with Gasteiger partial charge in [-0.25, -0.2) is 4.39 Å². The van der Waals surface area contributed by atoms with Gasteiger partial charge in [-0.2, -0.15) is 0 Å². The summed E-state index contributed by atoms with van der Waals surface area (Å²) >= 11 is 5.69. The summed E-state index contributed by atoms with van der Waals surface area (Å²) in [4.78, 5) is 10.3. The van der Waals surface area contributed by atoms with Gasteiger partial charge in [0.2, 0.25) is 0 Å². The van der Waals surface area contributed by atoms with Crippen molar-refractivity contribution in [1.29, 1.82) is 0 Å². The van der Waals surface area contributed by atoms with E-state index in [2.05, 4.69) is 0 Å². The van der Waals surface area contributed by atoms with Crippen LogP contribution in [0.2, 0.25) is 5.02 Å². The molecule has 0 fully saturated rings. The molecule has 0 N–H and O–H groups in total. The molecule has 0 amide bonds. The van der Waals surface area contributed by atoms with Crippen LogP contribution in [0.1, 0.15) is 12.5 Å². The van der Waals surface area contributed by atoms with E-state index >= 15 is 0 Å². The second-order valence-electron chi connectivity index (χ2n) is 2.67. The molecule has 1 aromatic carbocycles. The zero-order valence-corrected chi connectivity index (χ0v) is 7.31. The number of rotatable bonds is 2. The maximum Gasteiger partial charge on any atom is 0.189 e. The van der Waals surface area contributed by atoms with Gasteiger partial charge < -0.3 is 0 Å². The molecule has 3 heteroatoms. The normalized spacial score (nSPS) is 15.2. The molecule has 1 nitrogen and oxygen atoms in total. The van der Waals surface area contributed by atoms with Crippen LogP contribution in [0, 0.1) is 0 Å². The fraction of sp³-hybridized carbons (Fsp3) is 0.222. The van der Waals surface area contributed by atoms with E-state index in [1.807, 2.05) is 0 Å². The van der Waals surface area contributed by atoms with Crippen molar-refractivity contribution >= 4 is 17.9 Å². The Morgan fingerprint density at radius 2 is 2.08 bits per heavy atom. The lowest BCUT2D eigenvalue weighted by Crippen LogP contribution is -2.16. The molecule has 0 aliphatic carbocycles. The molecular formula is C9H8ClFO. The highest BCUT2D eigenvalue weighted by Gasteiger charge is 2.26. The highest BCUT2D eigenvalue weighted by molar-refractivity contribution is 6.31. The topological polar surface area (TPSA) is 17.1 Å². The van der Waals surface area contributed by atoms with Crippen LogP contribution >= 0.6 is 11.6 Å². The van der Waals surface area contributed by atoms with E-state index < -0.39 is 5.67 Å². The maximum absolute atomic E-state index is 13.4. The molecule has 12 heavy (non-hydrogen) atoms. The van der Waals surface area contributed by atoms with Crippen molar-refractivity contribution in [3.63, 3.8) is 0 Å². The smallest absolute Gasteiger partial charge is 0.189 e. The number of benzene rings is 1. The standard InChI is InChI=1S/C9H8ClFO/c1-9(11,6-12)7-4-2-3-5-8(7)10/h2-6H,1H3. The monoisotopic (exact) mass is 186 g/mol. The summed E-state index contributed by atoms with van der Waals surface area (Å²) in [5, 5.41) is 0.273. The third kappa shape index (κ3) is 1.64. The van der Waals surface area contributed by atoms with Crippen LogP contribution in [0.15, 0.2) is 24.3 Å². The molecule has 0 aliphatic rings. The van der Waals surface area contributed by atoms with Gasteiger partial charge in [0.1, 0.15) is 0 Å². The first-order chi connectivity index (χ1) is 5.58. The molecule has 1 aromatic rings. The van der Waals surface area contributed by atoms with E-state index in [1.54, 1.807) is 18.2 Å². The van der Waals surface area contributed by atoms with Crippen LogP contribution < -0.4 is 0 Å². The molecule has 0 saturated carbocycles. The van der Waals surface area contributed by atoms with Crippen LogP contribution in [-0.2, 0) is 10.5 Å². The summed E-state index contributed by atoms with van der Waals surface area (Å²) in [7, 11) is 0. The van der Waals surface area contributed by atoms with Gasteiger partial charge in [-0.05, 0) is 13.0 Å². The Kier molecular flexibility index (Phi) is 2.48. The number of hydrogen-bond acceptors (Lipinski definition) is 1. The first-order valence-corrected chi connectivity index (χ1v) is 3.86. The molecular weight excluding hydrogens is 179 g/mol. The van der Waals surface area contributed by atoms with E-state index in [-0.39, 0.29) is 16.9 Å². The molecule has 0 spiro atoms. The number of halogens is 2.